The van der Waals surface area contributed by atoms with Crippen molar-refractivity contribution in [1.29, 1.82) is 0 Å². The van der Waals surface area contributed by atoms with E-state index in [2.05, 4.69) is 22.6 Å². The van der Waals surface area contributed by atoms with Crippen molar-refractivity contribution in [1.82, 2.24) is 0 Å². The van der Waals surface area contributed by atoms with E-state index in [1.54, 1.807) is 21.3 Å². The van der Waals surface area contributed by atoms with E-state index in [-0.39, 0.29) is 0 Å². The van der Waals surface area contributed by atoms with Crippen molar-refractivity contribution in [3.8, 4) is 17.2 Å². The van der Waals surface area contributed by atoms with Gasteiger partial charge in [0.2, 0.25) is 0 Å². The van der Waals surface area contributed by atoms with Crippen LogP contribution in [0.15, 0.2) is 12.1 Å². The van der Waals surface area contributed by atoms with Gasteiger partial charge in [0.15, 0.2) is 0 Å². The molecule has 0 N–H and O–H groups in total. The summed E-state index contributed by atoms with van der Waals surface area (Å²) in [4.78, 5) is 0. The first-order valence-electron chi connectivity index (χ1n) is 4.11. The molecule has 0 bridgehead atoms. The van der Waals surface area contributed by atoms with Crippen molar-refractivity contribution in [3.63, 3.8) is 0 Å². The second kappa shape index (κ2) is 5.29. The molecule has 0 unspecified atom stereocenters. The van der Waals surface area contributed by atoms with E-state index in [0.717, 1.165) is 27.2 Å². The zero-order chi connectivity index (χ0) is 10.6. The van der Waals surface area contributed by atoms with Gasteiger partial charge in [-0.2, -0.15) is 0 Å². The molecule has 0 saturated heterocycles. The van der Waals surface area contributed by atoms with E-state index in [1.807, 2.05) is 12.1 Å². The highest BCUT2D eigenvalue weighted by Gasteiger charge is 2.11. The molecule has 4 heteroatoms. The van der Waals surface area contributed by atoms with Crippen LogP contribution in [0.2, 0.25) is 0 Å². The predicted molar refractivity (Wildman–Crippen MR) is 63.8 cm³/mol. The Balaban J connectivity index is 3.24. The molecule has 78 valence electrons. The molecule has 0 spiro atoms. The molecule has 0 fully saturated rings. The minimum Gasteiger partial charge on any atom is -0.496 e. The van der Waals surface area contributed by atoms with Crippen LogP contribution in [-0.4, -0.2) is 21.3 Å². The van der Waals surface area contributed by atoms with Gasteiger partial charge in [0.1, 0.15) is 17.2 Å². The van der Waals surface area contributed by atoms with Crippen LogP contribution < -0.4 is 14.2 Å². The van der Waals surface area contributed by atoms with Crippen molar-refractivity contribution in [3.05, 3.63) is 17.7 Å². The van der Waals surface area contributed by atoms with E-state index in [0.29, 0.717) is 0 Å². The molecule has 0 aliphatic carbocycles. The van der Waals surface area contributed by atoms with Crippen molar-refractivity contribution in [2.24, 2.45) is 0 Å². The van der Waals surface area contributed by atoms with Gasteiger partial charge in [0.05, 0.1) is 21.3 Å². The fourth-order valence-electron chi connectivity index (χ4n) is 1.21. The summed E-state index contributed by atoms with van der Waals surface area (Å²) in [6.07, 6.45) is 0. The van der Waals surface area contributed by atoms with E-state index in [9.17, 15) is 0 Å². The summed E-state index contributed by atoms with van der Waals surface area (Å²) in [5.74, 6) is 2.35. The number of methoxy groups -OCH3 is 3. The Kier molecular flexibility index (Phi) is 4.31. The molecular weight excluding hydrogens is 295 g/mol. The Morgan fingerprint density at radius 3 is 1.79 bits per heavy atom. The van der Waals surface area contributed by atoms with Gasteiger partial charge in [-0.3, -0.25) is 0 Å². The van der Waals surface area contributed by atoms with Crippen molar-refractivity contribution in [2.45, 2.75) is 4.43 Å². The predicted octanol–water partition coefficient (Wildman–Crippen LogP) is 2.65. The van der Waals surface area contributed by atoms with Crippen LogP contribution in [0.4, 0.5) is 0 Å². The molecule has 0 aromatic heterocycles. The molecule has 1 aromatic rings. The van der Waals surface area contributed by atoms with Crippen LogP contribution in [-0.2, 0) is 4.43 Å². The highest BCUT2D eigenvalue weighted by Crippen LogP contribution is 2.35. The lowest BCUT2D eigenvalue weighted by Crippen LogP contribution is -1.96. The standard InChI is InChI=1S/C10H13IO3/c1-12-7-4-9(13-2)8(6-11)10(5-7)14-3/h4-5H,6H2,1-3H3. The monoisotopic (exact) mass is 308 g/mol. The Morgan fingerprint density at radius 1 is 1.00 bits per heavy atom. The van der Waals surface area contributed by atoms with Gasteiger partial charge in [0.25, 0.3) is 0 Å². The summed E-state index contributed by atoms with van der Waals surface area (Å²) in [5.41, 5.74) is 1.05. The zero-order valence-electron chi connectivity index (χ0n) is 8.46. The molecule has 0 aliphatic heterocycles. The average Bonchev–Trinajstić information content (AvgIpc) is 2.26. The van der Waals surface area contributed by atoms with Gasteiger partial charge in [0, 0.05) is 22.1 Å². The second-order valence-electron chi connectivity index (χ2n) is 2.64. The Hall–Kier alpha value is -0.650. The van der Waals surface area contributed by atoms with E-state index >= 15 is 0 Å². The van der Waals surface area contributed by atoms with E-state index < -0.39 is 0 Å². The maximum absolute atomic E-state index is 5.26. The summed E-state index contributed by atoms with van der Waals surface area (Å²) in [6.45, 7) is 0. The van der Waals surface area contributed by atoms with Crippen LogP contribution in [0.25, 0.3) is 0 Å². The zero-order valence-corrected chi connectivity index (χ0v) is 10.6. The summed E-state index contributed by atoms with van der Waals surface area (Å²) in [5, 5.41) is 0. The minimum atomic E-state index is 0.743. The number of alkyl halides is 1. The third-order valence-electron chi connectivity index (χ3n) is 1.95. The number of halogens is 1. The van der Waals surface area contributed by atoms with Crippen molar-refractivity contribution in [2.75, 3.05) is 21.3 Å². The minimum absolute atomic E-state index is 0.743. The first-order valence-corrected chi connectivity index (χ1v) is 5.64. The molecular formula is C10H13IO3. The summed E-state index contributed by atoms with van der Waals surface area (Å²) in [6, 6.07) is 3.72. The largest absolute Gasteiger partial charge is 0.496 e. The van der Waals surface area contributed by atoms with Gasteiger partial charge in [-0.25, -0.2) is 0 Å². The normalized spacial score (nSPS) is 9.71. The summed E-state index contributed by atoms with van der Waals surface area (Å²) in [7, 11) is 4.91. The van der Waals surface area contributed by atoms with Crippen LogP contribution >= 0.6 is 22.6 Å². The first-order chi connectivity index (χ1) is 6.76. The number of hydrogen-bond acceptors (Lipinski definition) is 3. The number of benzene rings is 1. The highest BCUT2D eigenvalue weighted by atomic mass is 127. The van der Waals surface area contributed by atoms with Gasteiger partial charge in [-0.05, 0) is 0 Å². The lowest BCUT2D eigenvalue weighted by molar-refractivity contribution is 0.371. The maximum Gasteiger partial charge on any atom is 0.130 e. The molecule has 0 amide bonds. The van der Waals surface area contributed by atoms with Crippen molar-refractivity contribution >= 4 is 22.6 Å². The Morgan fingerprint density at radius 2 is 1.50 bits per heavy atom. The Bertz CT molecular complexity index is 287. The molecule has 3 nitrogen and oxygen atoms in total. The van der Waals surface area contributed by atoms with E-state index in [4.69, 9.17) is 14.2 Å². The molecule has 0 heterocycles. The van der Waals surface area contributed by atoms with Crippen LogP contribution in [0.5, 0.6) is 17.2 Å². The van der Waals surface area contributed by atoms with Gasteiger partial charge >= 0.3 is 0 Å². The number of rotatable bonds is 4. The molecule has 1 rings (SSSR count). The van der Waals surface area contributed by atoms with E-state index in [1.165, 1.54) is 0 Å². The van der Waals surface area contributed by atoms with Crippen LogP contribution in [0.3, 0.4) is 0 Å². The molecule has 1 aromatic carbocycles. The third kappa shape index (κ3) is 2.23. The second-order valence-corrected chi connectivity index (χ2v) is 3.41. The smallest absolute Gasteiger partial charge is 0.130 e. The maximum atomic E-state index is 5.26. The lowest BCUT2D eigenvalue weighted by Gasteiger charge is -2.12. The number of ether oxygens (including phenoxy) is 3. The molecule has 0 radical (unpaired) electrons. The van der Waals surface area contributed by atoms with Crippen LogP contribution in [0.1, 0.15) is 5.56 Å². The third-order valence-corrected chi connectivity index (χ3v) is 2.71. The highest BCUT2D eigenvalue weighted by molar-refractivity contribution is 14.1. The number of hydrogen-bond donors (Lipinski definition) is 0. The fraction of sp³-hybridized carbons (Fsp3) is 0.400. The lowest BCUT2D eigenvalue weighted by atomic mass is 10.2. The summed E-state index contributed by atoms with van der Waals surface area (Å²) < 4.78 is 16.5. The van der Waals surface area contributed by atoms with Crippen LogP contribution in [0, 0.1) is 0 Å². The summed E-state index contributed by atoms with van der Waals surface area (Å²) >= 11 is 2.27. The van der Waals surface area contributed by atoms with Gasteiger partial charge in [-0.1, -0.05) is 22.6 Å². The topological polar surface area (TPSA) is 27.7 Å². The molecule has 0 saturated carbocycles. The fourth-order valence-corrected chi connectivity index (χ4v) is 1.96. The SMILES string of the molecule is COc1cc(OC)c(CI)c(OC)c1. The molecule has 0 atom stereocenters. The van der Waals surface area contributed by atoms with Gasteiger partial charge in [-0.15, -0.1) is 0 Å². The van der Waals surface area contributed by atoms with Gasteiger partial charge < -0.3 is 14.2 Å². The van der Waals surface area contributed by atoms with Crippen molar-refractivity contribution < 1.29 is 14.2 Å². The molecule has 0 aliphatic rings. The average molecular weight is 308 g/mol. The molecule has 14 heavy (non-hydrogen) atoms. The first kappa shape index (κ1) is 11.4. The quantitative estimate of drug-likeness (QED) is 0.632. The Labute approximate surface area is 97.5 Å².